The van der Waals surface area contributed by atoms with Gasteiger partial charge >= 0.3 is 18.1 Å². The number of carboxylic acid groups (broad SMARTS) is 1. The second-order valence-electron chi connectivity index (χ2n) is 4.63. The van der Waals surface area contributed by atoms with Crippen molar-refractivity contribution < 1.29 is 27.9 Å². The van der Waals surface area contributed by atoms with E-state index in [0.717, 1.165) is 0 Å². The van der Waals surface area contributed by atoms with E-state index in [9.17, 15) is 27.9 Å². The molecule has 1 aromatic heterocycles. The number of aliphatic carboxylic acids is 1. The Hall–Kier alpha value is -1.28. The Morgan fingerprint density at radius 1 is 1.40 bits per heavy atom. The van der Waals surface area contributed by atoms with Crippen molar-refractivity contribution in [2.45, 2.75) is 12.6 Å². The standard InChI is InChI=1S/C11H9ClF3NO3S/c12-7-2-1-6(20-7)3-10(9(18)19)4-16(5-10)8(17)11(13,14)15/h1-2H,3-5H2,(H,18,19). The Morgan fingerprint density at radius 3 is 2.40 bits per heavy atom. The van der Waals surface area contributed by atoms with E-state index in [1.54, 1.807) is 12.1 Å². The van der Waals surface area contributed by atoms with Crippen molar-refractivity contribution >= 4 is 34.8 Å². The lowest BCUT2D eigenvalue weighted by molar-refractivity contribution is -0.199. The van der Waals surface area contributed by atoms with E-state index in [4.69, 9.17) is 11.6 Å². The van der Waals surface area contributed by atoms with Gasteiger partial charge in [0.15, 0.2) is 0 Å². The third-order valence-electron chi connectivity index (χ3n) is 3.11. The zero-order valence-electron chi connectivity index (χ0n) is 9.91. The number of alkyl halides is 3. The molecule has 0 radical (unpaired) electrons. The van der Waals surface area contributed by atoms with E-state index in [1.165, 1.54) is 11.3 Å². The molecule has 1 fully saturated rings. The number of carbonyl (C=O) groups is 2. The number of nitrogens with zero attached hydrogens (tertiary/aromatic N) is 1. The summed E-state index contributed by atoms with van der Waals surface area (Å²) in [6.45, 7) is -0.896. The lowest BCUT2D eigenvalue weighted by Crippen LogP contribution is -2.65. The van der Waals surface area contributed by atoms with E-state index in [0.29, 0.717) is 14.1 Å². The summed E-state index contributed by atoms with van der Waals surface area (Å²) < 4.78 is 37.2. The maximum Gasteiger partial charge on any atom is 0.471 e. The highest BCUT2D eigenvalue weighted by molar-refractivity contribution is 7.16. The third kappa shape index (κ3) is 2.76. The van der Waals surface area contributed by atoms with Crippen LogP contribution in [0.3, 0.4) is 0 Å². The number of likely N-dealkylation sites (tertiary alicyclic amines) is 1. The van der Waals surface area contributed by atoms with Crippen molar-refractivity contribution in [1.29, 1.82) is 0 Å². The number of halogens is 4. The predicted molar refractivity (Wildman–Crippen MR) is 65.7 cm³/mol. The molecule has 9 heteroatoms. The van der Waals surface area contributed by atoms with Gasteiger partial charge in [-0.3, -0.25) is 9.59 Å². The van der Waals surface area contributed by atoms with Crippen LogP contribution in [0.1, 0.15) is 4.88 Å². The van der Waals surface area contributed by atoms with Gasteiger partial charge in [-0.15, -0.1) is 11.3 Å². The molecule has 0 unspecified atom stereocenters. The van der Waals surface area contributed by atoms with Crippen molar-refractivity contribution in [2.24, 2.45) is 5.41 Å². The van der Waals surface area contributed by atoms with E-state index >= 15 is 0 Å². The van der Waals surface area contributed by atoms with Gasteiger partial charge < -0.3 is 10.0 Å². The summed E-state index contributed by atoms with van der Waals surface area (Å²) in [7, 11) is 0. The molecule has 20 heavy (non-hydrogen) atoms. The predicted octanol–water partition coefficient (Wildman–Crippen LogP) is 2.42. The number of hydrogen-bond donors (Lipinski definition) is 1. The fourth-order valence-corrected chi connectivity index (χ4v) is 3.34. The monoisotopic (exact) mass is 327 g/mol. The molecule has 4 nitrogen and oxygen atoms in total. The summed E-state index contributed by atoms with van der Waals surface area (Å²) in [4.78, 5) is 23.5. The number of hydrogen-bond acceptors (Lipinski definition) is 3. The largest absolute Gasteiger partial charge is 0.481 e. The molecule has 0 saturated carbocycles. The highest BCUT2D eigenvalue weighted by Gasteiger charge is 2.56. The molecule has 0 atom stereocenters. The van der Waals surface area contributed by atoms with Crippen molar-refractivity contribution in [1.82, 2.24) is 4.90 Å². The number of carboxylic acids is 1. The van der Waals surface area contributed by atoms with Crippen LogP contribution in [-0.4, -0.2) is 41.1 Å². The van der Waals surface area contributed by atoms with Gasteiger partial charge in [-0.1, -0.05) is 11.6 Å². The Kier molecular flexibility index (Phi) is 3.72. The second kappa shape index (κ2) is 4.92. The van der Waals surface area contributed by atoms with Crippen molar-refractivity contribution in [3.8, 4) is 0 Å². The molecule has 110 valence electrons. The summed E-state index contributed by atoms with van der Waals surface area (Å²) in [5, 5.41) is 9.21. The van der Waals surface area contributed by atoms with Crippen LogP contribution in [0, 0.1) is 5.41 Å². The van der Waals surface area contributed by atoms with Crippen LogP contribution in [0.5, 0.6) is 0 Å². The lowest BCUT2D eigenvalue weighted by atomic mass is 9.76. The van der Waals surface area contributed by atoms with Crippen molar-refractivity contribution in [2.75, 3.05) is 13.1 Å². The zero-order valence-corrected chi connectivity index (χ0v) is 11.5. The maximum atomic E-state index is 12.2. The minimum Gasteiger partial charge on any atom is -0.481 e. The van der Waals surface area contributed by atoms with E-state index < -0.39 is 36.6 Å². The minimum atomic E-state index is -4.98. The van der Waals surface area contributed by atoms with Crippen LogP contribution in [-0.2, 0) is 16.0 Å². The normalized spacial score (nSPS) is 17.7. The average molecular weight is 328 g/mol. The van der Waals surface area contributed by atoms with Crippen molar-refractivity contribution in [3.05, 3.63) is 21.3 Å². The SMILES string of the molecule is O=C(N1CC(Cc2ccc(Cl)s2)(C(=O)O)C1)C(F)(F)F. The van der Waals surface area contributed by atoms with Crippen LogP contribution in [0.25, 0.3) is 0 Å². The summed E-state index contributed by atoms with van der Waals surface area (Å²) in [6, 6.07) is 3.22. The summed E-state index contributed by atoms with van der Waals surface area (Å²) in [6.07, 6.45) is -4.92. The second-order valence-corrected chi connectivity index (χ2v) is 6.43. The first-order valence-corrected chi connectivity index (χ1v) is 6.67. The molecule has 1 aromatic rings. The molecule has 2 heterocycles. The Balaban J connectivity index is 2.09. The van der Waals surface area contributed by atoms with Crippen LogP contribution in [0.15, 0.2) is 12.1 Å². The molecular formula is C11H9ClF3NO3S. The van der Waals surface area contributed by atoms with Crippen molar-refractivity contribution in [3.63, 3.8) is 0 Å². The quantitative estimate of drug-likeness (QED) is 0.927. The van der Waals surface area contributed by atoms with Crippen LogP contribution < -0.4 is 0 Å². The van der Waals surface area contributed by atoms with Gasteiger partial charge in [-0.25, -0.2) is 0 Å². The fourth-order valence-electron chi connectivity index (χ4n) is 2.11. The number of carbonyl (C=O) groups excluding carboxylic acids is 1. The molecule has 0 spiro atoms. The van der Waals surface area contributed by atoms with E-state index in [-0.39, 0.29) is 6.42 Å². The van der Waals surface area contributed by atoms with E-state index in [1.807, 2.05) is 0 Å². The van der Waals surface area contributed by atoms with Gasteiger partial charge in [0.1, 0.15) is 5.41 Å². The highest BCUT2D eigenvalue weighted by atomic mass is 35.5. The van der Waals surface area contributed by atoms with Gasteiger partial charge in [0.25, 0.3) is 0 Å². The topological polar surface area (TPSA) is 57.6 Å². The summed E-state index contributed by atoms with van der Waals surface area (Å²) in [5.74, 6) is -3.22. The van der Waals surface area contributed by atoms with Gasteiger partial charge in [-0.05, 0) is 12.1 Å². The number of rotatable bonds is 3. The van der Waals surface area contributed by atoms with Gasteiger partial charge in [0.2, 0.25) is 0 Å². The minimum absolute atomic E-state index is 0.0569. The summed E-state index contributed by atoms with van der Waals surface area (Å²) in [5.41, 5.74) is -1.37. The first kappa shape index (κ1) is 15.1. The lowest BCUT2D eigenvalue weighted by Gasteiger charge is -2.47. The summed E-state index contributed by atoms with van der Waals surface area (Å²) >= 11 is 6.90. The first-order chi connectivity index (χ1) is 9.14. The maximum absolute atomic E-state index is 12.2. The Labute approximate surface area is 120 Å². The molecule has 1 amide bonds. The van der Waals surface area contributed by atoms with Gasteiger partial charge in [-0.2, -0.15) is 13.2 Å². The average Bonchev–Trinajstić information content (AvgIpc) is 2.66. The fraction of sp³-hybridized carbons (Fsp3) is 0.455. The molecule has 0 aliphatic carbocycles. The Morgan fingerprint density at radius 2 is 2.00 bits per heavy atom. The highest BCUT2D eigenvalue weighted by Crippen LogP contribution is 2.38. The molecule has 0 aromatic carbocycles. The number of amides is 1. The molecule has 1 aliphatic rings. The van der Waals surface area contributed by atoms with Gasteiger partial charge in [0, 0.05) is 24.4 Å². The molecule has 0 bridgehead atoms. The number of thiophene rings is 1. The van der Waals surface area contributed by atoms with Gasteiger partial charge in [0.05, 0.1) is 4.34 Å². The molecule has 1 aliphatic heterocycles. The van der Waals surface area contributed by atoms with E-state index in [2.05, 4.69) is 0 Å². The van der Waals surface area contributed by atoms with Crippen LogP contribution in [0.4, 0.5) is 13.2 Å². The zero-order chi connectivity index (χ0) is 15.1. The van der Waals surface area contributed by atoms with Crippen LogP contribution in [0.2, 0.25) is 4.34 Å². The first-order valence-electron chi connectivity index (χ1n) is 5.48. The molecule has 2 rings (SSSR count). The molecular weight excluding hydrogens is 319 g/mol. The third-order valence-corrected chi connectivity index (χ3v) is 4.34. The molecule has 1 saturated heterocycles. The molecule has 1 N–H and O–H groups in total. The smallest absolute Gasteiger partial charge is 0.471 e. The van der Waals surface area contributed by atoms with Crippen LogP contribution >= 0.6 is 22.9 Å². The Bertz CT molecular complexity index is 551.